The number of carbonyl (C=O) groups excluding carboxylic acids is 1. The van der Waals surface area contributed by atoms with Crippen LogP contribution in [-0.2, 0) is 0 Å². The quantitative estimate of drug-likeness (QED) is 0.628. The molecule has 0 unspecified atom stereocenters. The Morgan fingerprint density at radius 3 is 2.39 bits per heavy atom. The second kappa shape index (κ2) is 8.28. The molecule has 4 rings (SSSR count). The van der Waals surface area contributed by atoms with Crippen LogP contribution >= 0.6 is 0 Å². The molecule has 0 N–H and O–H groups in total. The number of benzene rings is 1. The van der Waals surface area contributed by atoms with Gasteiger partial charge in [-0.3, -0.25) is 4.79 Å². The molecule has 1 fully saturated rings. The van der Waals surface area contributed by atoms with Crippen LogP contribution in [0.15, 0.2) is 48.9 Å². The number of nitriles is 1. The average Bonchev–Trinajstić information content (AvgIpc) is 3.14. The maximum Gasteiger partial charge on any atom is 0.250 e. The van der Waals surface area contributed by atoms with Crippen LogP contribution in [0.5, 0.6) is 0 Å². The van der Waals surface area contributed by atoms with E-state index in [-0.39, 0.29) is 12.8 Å². The summed E-state index contributed by atoms with van der Waals surface area (Å²) in [4.78, 5) is 17.0. The van der Waals surface area contributed by atoms with Crippen molar-refractivity contribution >= 4 is 11.8 Å². The van der Waals surface area contributed by atoms with Crippen LogP contribution in [-0.4, -0.2) is 46.6 Å². The van der Waals surface area contributed by atoms with Crippen molar-refractivity contribution in [3.8, 4) is 17.3 Å². The Morgan fingerprint density at radius 2 is 1.82 bits per heavy atom. The third-order valence-electron chi connectivity index (χ3n) is 4.70. The van der Waals surface area contributed by atoms with Crippen molar-refractivity contribution in [1.29, 1.82) is 5.26 Å². The minimum absolute atomic E-state index is 0.0312. The first-order chi connectivity index (χ1) is 13.4. The fourth-order valence-corrected chi connectivity index (χ4v) is 2.96. The second-order valence-corrected chi connectivity index (χ2v) is 6.81. The number of halogens is 2. The van der Waals surface area contributed by atoms with Crippen molar-refractivity contribution in [3.63, 3.8) is 0 Å². The van der Waals surface area contributed by atoms with Crippen molar-refractivity contribution < 1.29 is 13.6 Å². The number of pyridine rings is 1. The largest absolute Gasteiger partial charge is 0.306 e. The fraction of sp³-hybridized carbons (Fsp3) is 0.286. The number of aldehydes is 1. The Balaban J connectivity index is 0.000000211. The second-order valence-electron chi connectivity index (χ2n) is 6.81. The first kappa shape index (κ1) is 19.6. The summed E-state index contributed by atoms with van der Waals surface area (Å²) in [6.45, 7) is 1.07. The maximum atomic E-state index is 12.4. The number of likely N-dealkylation sites (tertiary alicyclic amines) is 1. The van der Waals surface area contributed by atoms with Gasteiger partial charge in [0.15, 0.2) is 6.29 Å². The molecule has 1 saturated heterocycles. The lowest BCUT2D eigenvalue weighted by molar-refractivity contribution is -0.0504. The van der Waals surface area contributed by atoms with Gasteiger partial charge in [-0.1, -0.05) is 12.1 Å². The summed E-state index contributed by atoms with van der Waals surface area (Å²) in [6, 6.07) is 13.0. The van der Waals surface area contributed by atoms with Gasteiger partial charge in [0.1, 0.15) is 0 Å². The van der Waals surface area contributed by atoms with Gasteiger partial charge in [-0.05, 0) is 31.3 Å². The van der Waals surface area contributed by atoms with E-state index in [0.29, 0.717) is 24.2 Å². The molecule has 0 amide bonds. The number of alkyl halides is 2. The third kappa shape index (κ3) is 4.59. The van der Waals surface area contributed by atoms with E-state index in [1.165, 1.54) is 0 Å². The Morgan fingerprint density at radius 1 is 1.14 bits per heavy atom. The Hall–Kier alpha value is -3.11. The number of aromatic nitrogens is 2. The third-order valence-corrected chi connectivity index (χ3v) is 4.70. The van der Waals surface area contributed by atoms with Crippen molar-refractivity contribution in [2.45, 2.75) is 18.8 Å². The smallest absolute Gasteiger partial charge is 0.250 e. The Bertz CT molecular complexity index is 995. The highest BCUT2D eigenvalue weighted by atomic mass is 19.3. The van der Waals surface area contributed by atoms with Crippen molar-refractivity contribution in [2.24, 2.45) is 0 Å². The predicted octanol–water partition coefficient (Wildman–Crippen LogP) is 4.03. The van der Waals surface area contributed by atoms with Crippen LogP contribution in [0.1, 0.15) is 28.8 Å². The number of imidazole rings is 1. The van der Waals surface area contributed by atoms with Gasteiger partial charge in [0, 0.05) is 43.3 Å². The summed E-state index contributed by atoms with van der Waals surface area (Å²) >= 11 is 0. The molecule has 28 heavy (non-hydrogen) atoms. The zero-order valence-electron chi connectivity index (χ0n) is 15.5. The highest BCUT2D eigenvalue weighted by Crippen LogP contribution is 2.26. The first-order valence-corrected chi connectivity index (χ1v) is 8.91. The molecular formula is C21H20F2N4O. The highest BCUT2D eigenvalue weighted by Gasteiger charge is 2.32. The molecule has 2 aromatic heterocycles. The Kier molecular flexibility index (Phi) is 5.81. The number of fused-ring (bicyclic) bond motifs is 1. The molecule has 5 nitrogen and oxygen atoms in total. The zero-order valence-corrected chi connectivity index (χ0v) is 15.5. The zero-order chi connectivity index (χ0) is 20.1. The van der Waals surface area contributed by atoms with Crippen LogP contribution in [0.25, 0.3) is 16.8 Å². The maximum absolute atomic E-state index is 12.4. The van der Waals surface area contributed by atoms with Crippen molar-refractivity contribution in [3.05, 3.63) is 60.0 Å². The van der Waals surface area contributed by atoms with Gasteiger partial charge >= 0.3 is 0 Å². The molecule has 1 aromatic carbocycles. The minimum Gasteiger partial charge on any atom is -0.306 e. The predicted molar refractivity (Wildman–Crippen MR) is 102 cm³/mol. The number of carbonyl (C=O) groups is 1. The Labute approximate surface area is 161 Å². The number of piperidine rings is 1. The first-order valence-electron chi connectivity index (χ1n) is 8.91. The molecule has 0 bridgehead atoms. The van der Waals surface area contributed by atoms with E-state index in [1.54, 1.807) is 30.7 Å². The summed E-state index contributed by atoms with van der Waals surface area (Å²) < 4.78 is 26.5. The topological polar surface area (TPSA) is 61.4 Å². The van der Waals surface area contributed by atoms with E-state index in [1.807, 2.05) is 34.5 Å². The molecule has 1 aliphatic rings. The van der Waals surface area contributed by atoms with Crippen LogP contribution in [0.3, 0.4) is 0 Å². The van der Waals surface area contributed by atoms with Gasteiger partial charge in [0.05, 0.1) is 29.2 Å². The van der Waals surface area contributed by atoms with Crippen LogP contribution in [0.4, 0.5) is 8.78 Å². The molecule has 0 saturated carbocycles. The number of rotatable bonds is 2. The molecule has 0 spiro atoms. The molecule has 3 aromatic rings. The SMILES string of the molecule is CN1CCC(F)(F)CC1.N#Cc1ccc(-c2ncn3cc(C=O)ccc23)cc1. The summed E-state index contributed by atoms with van der Waals surface area (Å²) in [5.74, 6) is -2.38. The van der Waals surface area contributed by atoms with E-state index < -0.39 is 5.92 Å². The van der Waals surface area contributed by atoms with E-state index in [4.69, 9.17) is 5.26 Å². The van der Waals surface area contributed by atoms with E-state index in [0.717, 1.165) is 23.1 Å². The number of hydrogen-bond donors (Lipinski definition) is 0. The van der Waals surface area contributed by atoms with Crippen LogP contribution in [0.2, 0.25) is 0 Å². The normalized spacial score (nSPS) is 16.1. The molecule has 0 radical (unpaired) electrons. The van der Waals surface area contributed by atoms with Gasteiger partial charge in [0.2, 0.25) is 0 Å². The summed E-state index contributed by atoms with van der Waals surface area (Å²) in [5.41, 5.74) is 3.93. The van der Waals surface area contributed by atoms with Crippen molar-refractivity contribution in [1.82, 2.24) is 14.3 Å². The lowest BCUT2D eigenvalue weighted by atomic mass is 10.1. The van der Waals surface area contributed by atoms with Gasteiger partial charge < -0.3 is 9.30 Å². The monoisotopic (exact) mass is 382 g/mol. The van der Waals surface area contributed by atoms with E-state index >= 15 is 0 Å². The molecule has 144 valence electrons. The van der Waals surface area contributed by atoms with E-state index in [9.17, 15) is 13.6 Å². The lowest BCUT2D eigenvalue weighted by Gasteiger charge is -2.28. The average molecular weight is 382 g/mol. The summed E-state index contributed by atoms with van der Waals surface area (Å²) in [6.07, 6.45) is 4.28. The number of hydrogen-bond acceptors (Lipinski definition) is 4. The number of nitrogens with zero attached hydrogens (tertiary/aromatic N) is 4. The minimum atomic E-state index is -2.38. The summed E-state index contributed by atoms with van der Waals surface area (Å²) in [5, 5.41) is 8.79. The van der Waals surface area contributed by atoms with Crippen LogP contribution in [0, 0.1) is 11.3 Å². The highest BCUT2D eigenvalue weighted by molar-refractivity contribution is 5.80. The van der Waals surface area contributed by atoms with Crippen molar-refractivity contribution in [2.75, 3.05) is 20.1 Å². The van der Waals surface area contributed by atoms with Crippen LogP contribution < -0.4 is 0 Å². The molecule has 0 atom stereocenters. The summed E-state index contributed by atoms with van der Waals surface area (Å²) in [7, 11) is 1.87. The molecule has 7 heteroatoms. The molecule has 0 aliphatic carbocycles. The van der Waals surface area contributed by atoms with Gasteiger partial charge in [-0.15, -0.1) is 0 Å². The molecule has 3 heterocycles. The van der Waals surface area contributed by atoms with E-state index in [2.05, 4.69) is 11.1 Å². The van der Waals surface area contributed by atoms with Gasteiger partial charge in [-0.2, -0.15) is 5.26 Å². The van der Waals surface area contributed by atoms with Gasteiger partial charge in [0.25, 0.3) is 5.92 Å². The van der Waals surface area contributed by atoms with Gasteiger partial charge in [-0.25, -0.2) is 13.8 Å². The molecule has 1 aliphatic heterocycles. The lowest BCUT2D eigenvalue weighted by Crippen LogP contribution is -2.36. The molecular weight excluding hydrogens is 362 g/mol. The fourth-order valence-electron chi connectivity index (χ4n) is 2.96. The standard InChI is InChI=1S/C15H9N3O.C6H11F2N/c16-7-11-1-4-13(5-2-11)15-14-6-3-12(9-19)8-18(14)10-17-15;1-9-4-2-6(7,8)3-5-9/h1-6,8-10H;2-5H2,1H3.